The van der Waals surface area contributed by atoms with Crippen LogP contribution in [0.2, 0.25) is 0 Å². The molecule has 0 aliphatic carbocycles. The molecule has 12 aromatic rings. The Morgan fingerprint density at radius 1 is 0.458 bits per heavy atom. The van der Waals surface area contributed by atoms with Gasteiger partial charge in [-0.2, -0.15) is 5.26 Å². The lowest BCUT2D eigenvalue weighted by atomic mass is 10.00. The number of furan rings is 1. The molecule has 0 N–H and O–H groups in total. The number of nitrogens with zero attached hydrogens (tertiary/aromatic N) is 6. The van der Waals surface area contributed by atoms with Crippen molar-refractivity contribution in [1.82, 2.24) is 24.1 Å². The SMILES string of the molecule is N#Cc1cc(-c2nc(-c3ccccc3)nc(-c3ccccc3)n2)c2c(oc3ccccc32)c1-n1c2ccccc2c2ccc3c4ccccc4n(-c4ccccc4)c3c21. The van der Waals surface area contributed by atoms with Gasteiger partial charge in [-0.15, -0.1) is 0 Å². The molecule has 0 saturated carbocycles. The Morgan fingerprint density at radius 2 is 0.949 bits per heavy atom. The monoisotopic (exact) mass is 754 g/mol. The number of rotatable bonds is 5. The second kappa shape index (κ2) is 12.8. The van der Waals surface area contributed by atoms with Crippen molar-refractivity contribution >= 4 is 65.6 Å². The number of hydrogen-bond acceptors (Lipinski definition) is 5. The van der Waals surface area contributed by atoms with E-state index in [-0.39, 0.29) is 0 Å². The standard InChI is InChI=1S/C52H30N6O/c53-31-34-30-41(52-55-50(32-16-4-1-5-17-32)54-51(56-52)33-18-6-2-7-19-33)45-40-24-12-15-27-44(40)59-49(45)46(34)58-43-26-14-11-23-37(43)39-29-28-38-36-22-10-13-25-42(36)57(47(38)48(39)58)35-20-8-3-9-21-35/h1-30H. The average Bonchev–Trinajstić information content (AvgIpc) is 3.97. The van der Waals surface area contributed by atoms with Crippen LogP contribution >= 0.6 is 0 Å². The van der Waals surface area contributed by atoms with Gasteiger partial charge in [0.15, 0.2) is 23.1 Å². The van der Waals surface area contributed by atoms with Crippen molar-refractivity contribution in [1.29, 1.82) is 5.26 Å². The summed E-state index contributed by atoms with van der Waals surface area (Å²) < 4.78 is 11.6. The first-order valence-electron chi connectivity index (χ1n) is 19.5. The number of aromatic nitrogens is 5. The lowest BCUT2D eigenvalue weighted by Crippen LogP contribution is -2.04. The topological polar surface area (TPSA) is 85.5 Å². The minimum atomic E-state index is 0.427. The summed E-state index contributed by atoms with van der Waals surface area (Å²) >= 11 is 0. The van der Waals surface area contributed by atoms with Crippen LogP contribution < -0.4 is 0 Å². The van der Waals surface area contributed by atoms with Crippen LogP contribution in [0.1, 0.15) is 5.56 Å². The summed E-state index contributed by atoms with van der Waals surface area (Å²) in [5.41, 5.74) is 9.90. The number of nitriles is 1. The van der Waals surface area contributed by atoms with Crippen molar-refractivity contribution in [3.63, 3.8) is 0 Å². The highest BCUT2D eigenvalue weighted by molar-refractivity contribution is 6.25. The predicted octanol–water partition coefficient (Wildman–Crippen LogP) is 12.8. The third-order valence-electron chi connectivity index (χ3n) is 11.4. The second-order valence-corrected chi connectivity index (χ2v) is 14.7. The summed E-state index contributed by atoms with van der Waals surface area (Å²) in [5, 5.41) is 17.5. The molecule has 8 aromatic carbocycles. The van der Waals surface area contributed by atoms with Crippen molar-refractivity contribution in [3.05, 3.63) is 188 Å². The molecule has 0 amide bonds. The van der Waals surface area contributed by atoms with Crippen molar-refractivity contribution in [2.24, 2.45) is 0 Å². The Hall–Kier alpha value is -8.34. The molecule has 4 heterocycles. The Labute approximate surface area is 337 Å². The maximum absolute atomic E-state index is 11.3. The summed E-state index contributed by atoms with van der Waals surface area (Å²) in [6.45, 7) is 0. The van der Waals surface area contributed by atoms with E-state index in [1.807, 2.05) is 91.0 Å². The summed E-state index contributed by atoms with van der Waals surface area (Å²) in [4.78, 5) is 15.2. The molecule has 0 aliphatic rings. The zero-order valence-corrected chi connectivity index (χ0v) is 31.4. The van der Waals surface area contributed by atoms with Gasteiger partial charge in [0.1, 0.15) is 17.3 Å². The number of fused-ring (bicyclic) bond motifs is 10. The van der Waals surface area contributed by atoms with E-state index >= 15 is 0 Å². The van der Waals surface area contributed by atoms with Crippen molar-refractivity contribution in [3.8, 4) is 51.6 Å². The first kappa shape index (κ1) is 32.9. The summed E-state index contributed by atoms with van der Waals surface area (Å²) in [5.74, 6) is 1.53. The fourth-order valence-corrected chi connectivity index (χ4v) is 8.88. The average molecular weight is 755 g/mol. The second-order valence-electron chi connectivity index (χ2n) is 14.7. The van der Waals surface area contributed by atoms with E-state index in [4.69, 9.17) is 19.4 Å². The van der Waals surface area contributed by atoms with Gasteiger partial charge < -0.3 is 13.6 Å². The molecule has 0 radical (unpaired) electrons. The number of para-hydroxylation sites is 4. The molecule has 0 saturated heterocycles. The largest absolute Gasteiger partial charge is 0.454 e. The van der Waals surface area contributed by atoms with Gasteiger partial charge in [-0.05, 0) is 36.4 Å². The summed E-state index contributed by atoms with van der Waals surface area (Å²) in [7, 11) is 0. The molecule has 274 valence electrons. The van der Waals surface area contributed by atoms with E-state index in [1.54, 1.807) is 0 Å². The van der Waals surface area contributed by atoms with Crippen LogP contribution in [0.5, 0.6) is 0 Å². The smallest absolute Gasteiger partial charge is 0.164 e. The molecule has 0 fully saturated rings. The van der Waals surface area contributed by atoms with Gasteiger partial charge in [0, 0.05) is 54.7 Å². The summed E-state index contributed by atoms with van der Waals surface area (Å²) in [6, 6.07) is 64.3. The molecule has 0 unspecified atom stereocenters. The van der Waals surface area contributed by atoms with Crippen LogP contribution in [0.3, 0.4) is 0 Å². The first-order valence-corrected chi connectivity index (χ1v) is 19.5. The van der Waals surface area contributed by atoms with Gasteiger partial charge in [-0.25, -0.2) is 15.0 Å². The Kier molecular flexibility index (Phi) is 7.16. The van der Waals surface area contributed by atoms with E-state index in [0.717, 1.165) is 71.2 Å². The summed E-state index contributed by atoms with van der Waals surface area (Å²) in [6.07, 6.45) is 0. The van der Waals surface area contributed by atoms with Gasteiger partial charge in [-0.3, -0.25) is 0 Å². The molecule has 0 atom stereocenters. The van der Waals surface area contributed by atoms with Crippen LogP contribution in [0.25, 0.3) is 111 Å². The molecule has 0 aliphatic heterocycles. The van der Waals surface area contributed by atoms with Crippen molar-refractivity contribution in [2.45, 2.75) is 0 Å². The fraction of sp³-hybridized carbons (Fsp3) is 0. The number of hydrogen-bond donors (Lipinski definition) is 0. The maximum atomic E-state index is 11.3. The quantitative estimate of drug-likeness (QED) is 0.175. The lowest BCUT2D eigenvalue weighted by Gasteiger charge is -2.15. The molecule has 7 nitrogen and oxygen atoms in total. The Balaban J connectivity index is 1.25. The van der Waals surface area contributed by atoms with E-state index < -0.39 is 0 Å². The van der Waals surface area contributed by atoms with Gasteiger partial charge in [0.25, 0.3) is 0 Å². The third kappa shape index (κ3) is 4.90. The van der Waals surface area contributed by atoms with Crippen LogP contribution in [-0.2, 0) is 0 Å². The molecule has 0 spiro atoms. The third-order valence-corrected chi connectivity index (χ3v) is 11.4. The van der Waals surface area contributed by atoms with Crippen LogP contribution in [0.15, 0.2) is 186 Å². The van der Waals surface area contributed by atoms with E-state index in [1.165, 1.54) is 0 Å². The van der Waals surface area contributed by atoms with Crippen LogP contribution in [0.4, 0.5) is 0 Å². The van der Waals surface area contributed by atoms with E-state index in [0.29, 0.717) is 45.5 Å². The van der Waals surface area contributed by atoms with Crippen LogP contribution in [-0.4, -0.2) is 24.1 Å². The van der Waals surface area contributed by atoms with Crippen LogP contribution in [0, 0.1) is 11.3 Å². The highest BCUT2D eigenvalue weighted by Gasteiger charge is 2.28. The molecule has 0 bridgehead atoms. The zero-order chi connectivity index (χ0) is 39.0. The lowest BCUT2D eigenvalue weighted by molar-refractivity contribution is 0.666. The van der Waals surface area contributed by atoms with Gasteiger partial charge in [0.05, 0.1) is 27.6 Å². The molecular formula is C52H30N6O. The van der Waals surface area contributed by atoms with E-state index in [9.17, 15) is 5.26 Å². The van der Waals surface area contributed by atoms with Gasteiger partial charge in [-0.1, -0.05) is 146 Å². The number of benzene rings is 8. The minimum absolute atomic E-state index is 0.427. The Morgan fingerprint density at radius 3 is 1.56 bits per heavy atom. The molecule has 59 heavy (non-hydrogen) atoms. The minimum Gasteiger partial charge on any atom is -0.454 e. The highest BCUT2D eigenvalue weighted by Crippen LogP contribution is 2.46. The highest BCUT2D eigenvalue weighted by atomic mass is 16.3. The first-order chi connectivity index (χ1) is 29.2. The van der Waals surface area contributed by atoms with Crippen molar-refractivity contribution in [2.75, 3.05) is 0 Å². The normalized spacial score (nSPS) is 11.7. The molecule has 12 rings (SSSR count). The maximum Gasteiger partial charge on any atom is 0.164 e. The Bertz CT molecular complexity index is 3610. The molecular weight excluding hydrogens is 725 g/mol. The van der Waals surface area contributed by atoms with Crippen molar-refractivity contribution < 1.29 is 4.42 Å². The van der Waals surface area contributed by atoms with Gasteiger partial charge in [0.2, 0.25) is 0 Å². The van der Waals surface area contributed by atoms with E-state index in [2.05, 4.69) is 106 Å². The molecule has 7 heteroatoms. The zero-order valence-electron chi connectivity index (χ0n) is 31.4. The molecule has 4 aromatic heterocycles. The fourth-order valence-electron chi connectivity index (χ4n) is 8.88. The van der Waals surface area contributed by atoms with Gasteiger partial charge >= 0.3 is 0 Å². The predicted molar refractivity (Wildman–Crippen MR) is 237 cm³/mol.